The molecule has 0 radical (unpaired) electrons. The fraction of sp³-hybridized carbons (Fsp3) is 0.586. The van der Waals surface area contributed by atoms with Crippen molar-refractivity contribution in [3.05, 3.63) is 55.5 Å². The minimum Gasteiger partial charge on any atom is -0.0654 e. The lowest BCUT2D eigenvalue weighted by molar-refractivity contribution is 0.599. The molecule has 0 nitrogen and oxygen atoms in total. The Kier molecular flexibility index (Phi) is 10.7. The Morgan fingerprint density at radius 2 is 1.19 bits per heavy atom. The van der Waals surface area contributed by atoms with E-state index in [1.165, 1.54) is 116 Å². The molecule has 0 aliphatic heterocycles. The van der Waals surface area contributed by atoms with Crippen LogP contribution in [0.25, 0.3) is 11.1 Å². The standard InChI is InChI=1S/C29H40Br2/c1-3-5-7-9-11-13-19-24-25(20-14-12-10-8-6-4-2)28(30)29(31)26-21-22-17-15-16-18-23(22)27(24)26/h15-18H,3-14,19-21H2,1-2H3. The third kappa shape index (κ3) is 6.47. The molecule has 0 N–H and O–H groups in total. The summed E-state index contributed by atoms with van der Waals surface area (Å²) in [5, 5.41) is 0. The lowest BCUT2D eigenvalue weighted by atomic mass is 9.88. The highest BCUT2D eigenvalue weighted by Crippen LogP contribution is 2.48. The van der Waals surface area contributed by atoms with Gasteiger partial charge in [0, 0.05) is 8.95 Å². The fourth-order valence-electron chi connectivity index (χ4n) is 5.14. The predicted octanol–water partition coefficient (Wildman–Crippen LogP) is 10.6. The molecule has 0 spiro atoms. The summed E-state index contributed by atoms with van der Waals surface area (Å²) in [5.41, 5.74) is 9.24. The number of hydrogen-bond acceptors (Lipinski definition) is 0. The van der Waals surface area contributed by atoms with E-state index in [2.05, 4.69) is 70.0 Å². The van der Waals surface area contributed by atoms with Gasteiger partial charge in [0.25, 0.3) is 0 Å². The number of hydrogen-bond donors (Lipinski definition) is 0. The molecule has 0 atom stereocenters. The Balaban J connectivity index is 1.82. The molecule has 2 aromatic carbocycles. The topological polar surface area (TPSA) is 0 Å². The summed E-state index contributed by atoms with van der Waals surface area (Å²) in [5.74, 6) is 0. The summed E-state index contributed by atoms with van der Waals surface area (Å²) < 4.78 is 2.62. The molecule has 0 bridgehead atoms. The average molecular weight is 548 g/mol. The van der Waals surface area contributed by atoms with E-state index < -0.39 is 0 Å². The Morgan fingerprint density at radius 1 is 0.645 bits per heavy atom. The van der Waals surface area contributed by atoms with Gasteiger partial charge in [-0.25, -0.2) is 0 Å². The van der Waals surface area contributed by atoms with E-state index >= 15 is 0 Å². The second-order valence-corrected chi connectivity index (χ2v) is 10.9. The van der Waals surface area contributed by atoms with Crippen LogP contribution in [-0.4, -0.2) is 0 Å². The number of rotatable bonds is 14. The van der Waals surface area contributed by atoms with Gasteiger partial charge < -0.3 is 0 Å². The normalized spacial score (nSPS) is 12.3. The lowest BCUT2D eigenvalue weighted by Crippen LogP contribution is -2.03. The maximum Gasteiger partial charge on any atom is 0.0362 e. The Labute approximate surface area is 207 Å². The van der Waals surface area contributed by atoms with Crippen molar-refractivity contribution >= 4 is 31.9 Å². The van der Waals surface area contributed by atoms with E-state index in [4.69, 9.17) is 0 Å². The highest BCUT2D eigenvalue weighted by atomic mass is 79.9. The summed E-state index contributed by atoms with van der Waals surface area (Å²) >= 11 is 8.00. The molecule has 0 unspecified atom stereocenters. The maximum atomic E-state index is 4.02. The van der Waals surface area contributed by atoms with Crippen LogP contribution in [0, 0.1) is 0 Å². The van der Waals surface area contributed by atoms with Crippen molar-refractivity contribution in [2.45, 2.75) is 110 Å². The molecule has 31 heavy (non-hydrogen) atoms. The number of fused-ring (bicyclic) bond motifs is 3. The molecule has 1 aliphatic carbocycles. The fourth-order valence-corrected chi connectivity index (χ4v) is 6.40. The first kappa shape index (κ1) is 25.0. The monoisotopic (exact) mass is 546 g/mol. The van der Waals surface area contributed by atoms with Gasteiger partial charge in [-0.05, 0) is 97.3 Å². The van der Waals surface area contributed by atoms with Gasteiger partial charge >= 0.3 is 0 Å². The molecule has 2 aromatic rings. The Bertz CT molecular complexity index is 837. The maximum absolute atomic E-state index is 4.02. The molecule has 1 aliphatic rings. The van der Waals surface area contributed by atoms with E-state index in [1.54, 1.807) is 16.7 Å². The van der Waals surface area contributed by atoms with Gasteiger partial charge in [-0.1, -0.05) is 102 Å². The molecular formula is C29H40Br2. The molecule has 0 saturated carbocycles. The molecule has 0 fully saturated rings. The third-order valence-electron chi connectivity index (χ3n) is 6.91. The van der Waals surface area contributed by atoms with Gasteiger partial charge in [-0.2, -0.15) is 0 Å². The largest absolute Gasteiger partial charge is 0.0654 e. The van der Waals surface area contributed by atoms with Gasteiger partial charge in [-0.3, -0.25) is 0 Å². The number of unbranched alkanes of at least 4 members (excludes halogenated alkanes) is 10. The highest BCUT2D eigenvalue weighted by Gasteiger charge is 2.27. The third-order valence-corrected chi connectivity index (χ3v) is 9.19. The first-order chi connectivity index (χ1) is 15.2. The molecule has 0 amide bonds. The number of benzene rings is 2. The van der Waals surface area contributed by atoms with Crippen LogP contribution in [0.5, 0.6) is 0 Å². The Hall–Kier alpha value is -0.600. The zero-order valence-electron chi connectivity index (χ0n) is 19.7. The van der Waals surface area contributed by atoms with Crippen LogP contribution in [0.15, 0.2) is 33.2 Å². The molecule has 0 heterocycles. The molecule has 170 valence electrons. The summed E-state index contributed by atoms with van der Waals surface area (Å²) in [4.78, 5) is 0. The van der Waals surface area contributed by atoms with Gasteiger partial charge in [0.2, 0.25) is 0 Å². The van der Waals surface area contributed by atoms with E-state index in [1.807, 2.05) is 0 Å². The quantitative estimate of drug-likeness (QED) is 0.176. The average Bonchev–Trinajstić information content (AvgIpc) is 3.17. The molecule has 0 saturated heterocycles. The molecular weight excluding hydrogens is 508 g/mol. The molecule has 2 heteroatoms. The molecule has 3 rings (SSSR count). The summed E-state index contributed by atoms with van der Waals surface area (Å²) in [7, 11) is 0. The van der Waals surface area contributed by atoms with Crippen molar-refractivity contribution in [1.82, 2.24) is 0 Å². The van der Waals surface area contributed by atoms with Crippen molar-refractivity contribution in [3.63, 3.8) is 0 Å². The predicted molar refractivity (Wildman–Crippen MR) is 144 cm³/mol. The van der Waals surface area contributed by atoms with E-state index in [0.29, 0.717) is 0 Å². The van der Waals surface area contributed by atoms with Crippen molar-refractivity contribution in [2.24, 2.45) is 0 Å². The Morgan fingerprint density at radius 3 is 1.84 bits per heavy atom. The summed E-state index contributed by atoms with van der Waals surface area (Å²) in [6.07, 6.45) is 19.8. The van der Waals surface area contributed by atoms with E-state index in [9.17, 15) is 0 Å². The number of halogens is 2. The van der Waals surface area contributed by atoms with Gasteiger partial charge in [0.1, 0.15) is 0 Å². The lowest BCUT2D eigenvalue weighted by Gasteiger charge is -2.20. The van der Waals surface area contributed by atoms with Crippen molar-refractivity contribution < 1.29 is 0 Å². The van der Waals surface area contributed by atoms with Crippen molar-refractivity contribution in [2.75, 3.05) is 0 Å². The van der Waals surface area contributed by atoms with Crippen LogP contribution in [0.3, 0.4) is 0 Å². The second kappa shape index (κ2) is 13.2. The van der Waals surface area contributed by atoms with Crippen LogP contribution in [-0.2, 0) is 19.3 Å². The first-order valence-corrected chi connectivity index (χ1v) is 14.4. The van der Waals surface area contributed by atoms with Crippen LogP contribution < -0.4 is 0 Å². The van der Waals surface area contributed by atoms with Crippen LogP contribution >= 0.6 is 31.9 Å². The van der Waals surface area contributed by atoms with E-state index in [-0.39, 0.29) is 0 Å². The van der Waals surface area contributed by atoms with Gasteiger partial charge in [-0.15, -0.1) is 0 Å². The second-order valence-electron chi connectivity index (χ2n) is 9.31. The minimum atomic E-state index is 1.06. The van der Waals surface area contributed by atoms with Crippen LogP contribution in [0.4, 0.5) is 0 Å². The van der Waals surface area contributed by atoms with Crippen LogP contribution in [0.1, 0.15) is 113 Å². The zero-order chi connectivity index (χ0) is 22.1. The smallest absolute Gasteiger partial charge is 0.0362 e. The minimum absolute atomic E-state index is 1.06. The first-order valence-electron chi connectivity index (χ1n) is 12.8. The molecule has 0 aromatic heterocycles. The van der Waals surface area contributed by atoms with Crippen LogP contribution in [0.2, 0.25) is 0 Å². The zero-order valence-corrected chi connectivity index (χ0v) is 22.8. The SMILES string of the molecule is CCCCCCCCc1c(Br)c(Br)c2c(c1CCCCCCCC)-c1ccccc1C2. The van der Waals surface area contributed by atoms with Gasteiger partial charge in [0.05, 0.1) is 0 Å². The highest BCUT2D eigenvalue weighted by molar-refractivity contribution is 9.13. The summed E-state index contributed by atoms with van der Waals surface area (Å²) in [6.45, 7) is 4.60. The summed E-state index contributed by atoms with van der Waals surface area (Å²) in [6, 6.07) is 9.07. The van der Waals surface area contributed by atoms with Crippen molar-refractivity contribution in [3.8, 4) is 11.1 Å². The van der Waals surface area contributed by atoms with Gasteiger partial charge in [0.15, 0.2) is 0 Å². The van der Waals surface area contributed by atoms with E-state index in [0.717, 1.165) is 6.42 Å². The van der Waals surface area contributed by atoms with Crippen molar-refractivity contribution in [1.29, 1.82) is 0 Å².